The molecule has 0 spiro atoms. The highest BCUT2D eigenvalue weighted by molar-refractivity contribution is 8.00. The highest BCUT2D eigenvalue weighted by Crippen LogP contribution is 2.42. The smallest absolute Gasteiger partial charge is 0.493 e. The number of piperidine rings is 2. The fraction of sp³-hybridized carbons (Fsp3) is 0.410. The van der Waals surface area contributed by atoms with Crippen LogP contribution >= 0.6 is 0 Å². The maximum absolute atomic E-state index is 13.5. The Morgan fingerprint density at radius 2 is 0.850 bits per heavy atom. The van der Waals surface area contributed by atoms with Gasteiger partial charge in [0.25, 0.3) is 0 Å². The summed E-state index contributed by atoms with van der Waals surface area (Å²) in [4.78, 5) is 36.6. The lowest BCUT2D eigenvalue weighted by Gasteiger charge is -2.31. The Labute approximate surface area is 596 Å². The fourth-order valence-corrected chi connectivity index (χ4v) is 11.5. The van der Waals surface area contributed by atoms with E-state index in [-0.39, 0.29) is 41.3 Å². The number of aromatic nitrogens is 4. The summed E-state index contributed by atoms with van der Waals surface area (Å²) in [5.74, 6) is 4.08. The highest BCUT2D eigenvalue weighted by atomic mass is 32.3. The standard InChI is InChI=1S/C25H27F3N4O4.C17H22N4O4.C9H6F6O3S.C8H7F3O.C2F6O5S2/c1-34-19-9-8-18(14-20(19)35-2)23-30-24(36-31-23)17-10-12-32(13-11-17)21(33)15-29-22(25(26,27)28)16-6-4-3-5-7-16;1-23-13-4-3-12(9-14(13)24-2)16-19-17(25-20-16)11-5-7-21(8-6-11)15(22)10-18;10-8(11,12)7(6-4-2-1-3-5-6)18-19(16,17)9(13,14)15;9-8(10,11)7(12)6-4-2-1-3-5-6;3-1(4,5)14(9,10)13-15(11,12)2(6,7)8/h3-9,14,17,22,29H,10-13,15H2,1-2H3;3-4,9,11H,5-8,10,18H2,1-2H3;1-5,7H;1-5,7,12H;. The van der Waals surface area contributed by atoms with Crippen LogP contribution in [0.5, 0.6) is 23.0 Å². The van der Waals surface area contributed by atoms with Crippen molar-refractivity contribution < 1.29 is 155 Å². The Hall–Kier alpha value is -9.09. The number of nitrogens with two attached hydrogens (primary N) is 1. The topological polar surface area (TPSA) is 335 Å². The largest absolute Gasteiger partial charge is 0.524 e. The number of hydrogen-bond acceptors (Lipinski definition) is 23. The normalized spacial score (nSPS) is 15.3. The molecule has 107 heavy (non-hydrogen) atoms. The Kier molecular flexibility index (Phi) is 30.7. The molecule has 3 unspecified atom stereocenters. The van der Waals surface area contributed by atoms with E-state index < -0.39 is 95.8 Å². The maximum Gasteiger partial charge on any atom is 0.524 e. The molecule has 25 nitrogen and oxygen atoms in total. The Bertz CT molecular complexity index is 4290. The third-order valence-corrected chi connectivity index (χ3v) is 18.3. The number of nitrogens with one attached hydrogen (secondary N) is 1. The number of rotatable bonds is 19. The number of aliphatic hydroxyl groups excluding tert-OH is 1. The number of hydrogen-bond donors (Lipinski definition) is 3. The third-order valence-electron chi connectivity index (χ3n) is 14.7. The maximum atomic E-state index is 13.5. The van der Waals surface area contributed by atoms with E-state index in [0.717, 1.165) is 42.7 Å². The zero-order valence-corrected chi connectivity index (χ0v) is 57.8. The first-order valence-corrected chi connectivity index (χ1v) is 34.3. The molecule has 0 radical (unpaired) electrons. The summed E-state index contributed by atoms with van der Waals surface area (Å²) < 4.78 is 317. The lowest BCUT2D eigenvalue weighted by atomic mass is 9.96. The summed E-state index contributed by atoms with van der Waals surface area (Å²) in [6, 6.07) is 28.5. The number of alkyl halides is 18. The van der Waals surface area contributed by atoms with Crippen molar-refractivity contribution >= 4 is 42.2 Å². The van der Waals surface area contributed by atoms with Crippen molar-refractivity contribution in [3.8, 4) is 45.8 Å². The number of likely N-dealkylation sites (tertiary alicyclic amines) is 2. The molecular weight excluding hydrogens is 1550 g/mol. The van der Waals surface area contributed by atoms with Gasteiger partial charge in [0.15, 0.2) is 35.2 Å². The summed E-state index contributed by atoms with van der Waals surface area (Å²) in [5.41, 5.74) is -12.3. The van der Waals surface area contributed by atoms with Gasteiger partial charge >= 0.3 is 65.4 Å². The quantitative estimate of drug-likeness (QED) is 0.0385. The summed E-state index contributed by atoms with van der Waals surface area (Å²) in [5, 5.41) is 19.3. The second-order valence-electron chi connectivity index (χ2n) is 21.9. The molecule has 0 aliphatic carbocycles. The number of ether oxygens (including phenoxy) is 4. The number of aliphatic hydroxyl groups is 1. The summed E-state index contributed by atoms with van der Waals surface area (Å²) in [7, 11) is -13.8. The first kappa shape index (κ1) is 88.5. The Morgan fingerprint density at radius 1 is 0.495 bits per heavy atom. The SMILES string of the molecule is COc1ccc(-c2noc(C3CCN(C(=O)CN)CC3)n2)cc1OC.COc1ccc(-c2noc(C3CCN(C(=O)CNC(c4ccccc4)C(F)(F)F)CC3)n2)cc1OC.O=S(=O)(OC(c1ccccc1)C(F)(F)F)C(F)(F)F.O=S(=O)(OS(=O)(=O)C(F)(F)F)C(F)(F)F.OC(c1ccccc1)C(F)(F)F. The fourth-order valence-electron chi connectivity index (χ4n) is 9.36. The molecular formula is C61H62F18N8O17S3. The minimum Gasteiger partial charge on any atom is -0.493 e. The zero-order chi connectivity index (χ0) is 80.3. The molecule has 2 aliphatic rings. The Balaban J connectivity index is 0.000000254. The molecule has 0 bridgehead atoms. The number of halogens is 18. The summed E-state index contributed by atoms with van der Waals surface area (Å²) in [6.07, 6.45) is -17.3. The van der Waals surface area contributed by atoms with Gasteiger partial charge in [0.1, 0.15) is 6.04 Å². The van der Waals surface area contributed by atoms with Crippen LogP contribution in [0.15, 0.2) is 136 Å². The van der Waals surface area contributed by atoms with E-state index in [9.17, 15) is 114 Å². The van der Waals surface area contributed by atoms with Crippen LogP contribution in [-0.2, 0) is 47.8 Å². The van der Waals surface area contributed by atoms with Gasteiger partial charge in [0.05, 0.1) is 41.5 Å². The van der Waals surface area contributed by atoms with E-state index >= 15 is 0 Å². The van der Waals surface area contributed by atoms with Crippen LogP contribution in [0, 0.1) is 0 Å². The van der Waals surface area contributed by atoms with E-state index in [1.165, 1.54) is 54.6 Å². The number of nitrogens with zero attached hydrogens (tertiary/aromatic N) is 6. The minimum absolute atomic E-state index is 0.0185. The van der Waals surface area contributed by atoms with Crippen molar-refractivity contribution in [1.82, 2.24) is 35.4 Å². The zero-order valence-electron chi connectivity index (χ0n) is 55.4. The van der Waals surface area contributed by atoms with Crippen molar-refractivity contribution in [2.75, 3.05) is 67.7 Å². The molecule has 0 saturated carbocycles. The lowest BCUT2D eigenvalue weighted by molar-refractivity contribution is -0.206. The van der Waals surface area contributed by atoms with E-state index in [1.807, 2.05) is 15.8 Å². The predicted molar refractivity (Wildman–Crippen MR) is 335 cm³/mol. The molecule has 5 aromatic carbocycles. The van der Waals surface area contributed by atoms with Crippen LogP contribution in [0.2, 0.25) is 0 Å². The minimum atomic E-state index is -6.85. The van der Waals surface area contributed by atoms with Gasteiger partial charge in [-0.2, -0.15) is 114 Å². The monoisotopic (exact) mass is 1620 g/mol. The van der Waals surface area contributed by atoms with E-state index in [1.54, 1.807) is 74.6 Å². The summed E-state index contributed by atoms with van der Waals surface area (Å²) in [6.45, 7) is 1.74. The van der Waals surface area contributed by atoms with Gasteiger partial charge in [-0.15, -0.1) is 3.63 Å². The molecule has 7 aromatic rings. The Morgan fingerprint density at radius 3 is 1.18 bits per heavy atom. The van der Waals surface area contributed by atoms with Crippen molar-refractivity contribution in [3.05, 3.63) is 156 Å². The van der Waals surface area contributed by atoms with Gasteiger partial charge in [-0.05, 0) is 78.8 Å². The number of benzene rings is 5. The van der Waals surface area contributed by atoms with Crippen LogP contribution in [0.4, 0.5) is 79.0 Å². The average Bonchev–Trinajstić information content (AvgIpc) is 1.58. The first-order valence-electron chi connectivity index (χ1n) is 30.1. The van der Waals surface area contributed by atoms with E-state index in [0.29, 0.717) is 91.0 Å². The van der Waals surface area contributed by atoms with Gasteiger partial charge in [0.2, 0.25) is 35.2 Å². The molecule has 4 heterocycles. The van der Waals surface area contributed by atoms with E-state index in [4.69, 9.17) is 38.8 Å². The first-order chi connectivity index (χ1) is 49.6. The molecule has 2 aliphatic heterocycles. The molecule has 3 atom stereocenters. The second kappa shape index (κ2) is 37.1. The van der Waals surface area contributed by atoms with Crippen LogP contribution in [0.3, 0.4) is 0 Å². The van der Waals surface area contributed by atoms with Crippen molar-refractivity contribution in [3.63, 3.8) is 0 Å². The van der Waals surface area contributed by atoms with Gasteiger partial charge in [-0.25, -0.2) is 4.18 Å². The third kappa shape index (κ3) is 25.3. The lowest BCUT2D eigenvalue weighted by Crippen LogP contribution is -2.45. The van der Waals surface area contributed by atoms with Crippen LogP contribution in [0.1, 0.15) is 84.2 Å². The van der Waals surface area contributed by atoms with Gasteiger partial charge < -0.3 is 48.6 Å². The summed E-state index contributed by atoms with van der Waals surface area (Å²) >= 11 is 0. The van der Waals surface area contributed by atoms with Crippen molar-refractivity contribution in [2.24, 2.45) is 5.73 Å². The molecule has 4 N–H and O–H groups in total. The molecule has 592 valence electrons. The van der Waals surface area contributed by atoms with Gasteiger partial charge in [0, 0.05) is 49.1 Å². The molecule has 2 amide bonds. The highest BCUT2D eigenvalue weighted by Gasteiger charge is 2.58. The number of carbonyl (C=O) groups is 2. The average molecular weight is 1620 g/mol. The molecule has 9 rings (SSSR count). The van der Waals surface area contributed by atoms with E-state index in [2.05, 4.69) is 29.8 Å². The number of amides is 2. The van der Waals surface area contributed by atoms with Gasteiger partial charge in [-0.3, -0.25) is 14.9 Å². The van der Waals surface area contributed by atoms with Crippen LogP contribution in [0.25, 0.3) is 22.8 Å². The predicted octanol–water partition coefficient (Wildman–Crippen LogP) is 11.9. The van der Waals surface area contributed by atoms with Crippen molar-refractivity contribution in [1.29, 1.82) is 0 Å². The molecule has 46 heteroatoms. The number of carbonyl (C=O) groups excluding carboxylic acids is 2. The molecule has 2 fully saturated rings. The molecule has 2 saturated heterocycles. The van der Waals surface area contributed by atoms with Crippen LogP contribution in [-0.4, -0.2) is 175 Å². The second-order valence-corrected chi connectivity index (χ2v) is 26.7. The van der Waals surface area contributed by atoms with Crippen LogP contribution < -0.4 is 30.0 Å². The molecule has 2 aromatic heterocycles. The van der Waals surface area contributed by atoms with Gasteiger partial charge in [-0.1, -0.05) is 101 Å². The number of methoxy groups -OCH3 is 4. The van der Waals surface area contributed by atoms with Crippen molar-refractivity contribution in [2.45, 2.75) is 90.8 Å².